The predicted octanol–water partition coefficient (Wildman–Crippen LogP) is 4.81. The smallest absolute Gasteiger partial charge is 0.274 e. The van der Waals surface area contributed by atoms with Crippen LogP contribution in [0.15, 0.2) is 66.9 Å². The number of carbonyl (C=O) groups is 1. The number of rotatable bonds is 6. The van der Waals surface area contributed by atoms with Crippen LogP contribution >= 0.6 is 0 Å². The van der Waals surface area contributed by atoms with E-state index in [2.05, 4.69) is 47.2 Å². The summed E-state index contributed by atoms with van der Waals surface area (Å²) in [6, 6.07) is 19.2. The number of nitrogens with zero attached hydrogens (tertiary/aromatic N) is 2. The fourth-order valence-corrected chi connectivity index (χ4v) is 2.92. The van der Waals surface area contributed by atoms with Gasteiger partial charge in [0.25, 0.3) is 5.91 Å². The van der Waals surface area contributed by atoms with E-state index in [0.717, 1.165) is 17.9 Å². The largest absolute Gasteiger partial charge is 0.495 e. The van der Waals surface area contributed by atoms with Crippen molar-refractivity contribution in [3.63, 3.8) is 0 Å². The minimum atomic E-state index is -0.273. The molecule has 27 heavy (non-hydrogen) atoms. The van der Waals surface area contributed by atoms with E-state index in [1.807, 2.05) is 24.3 Å². The highest BCUT2D eigenvalue weighted by molar-refractivity contribution is 6.03. The van der Waals surface area contributed by atoms with Gasteiger partial charge in [-0.3, -0.25) is 4.79 Å². The van der Waals surface area contributed by atoms with Gasteiger partial charge in [-0.25, -0.2) is 4.98 Å². The lowest BCUT2D eigenvalue weighted by Crippen LogP contribution is -2.18. The summed E-state index contributed by atoms with van der Waals surface area (Å²) in [6.07, 6.45) is 1.73. The Hall–Kier alpha value is -3.34. The molecule has 3 aromatic rings. The quantitative estimate of drug-likeness (QED) is 0.685. The second-order valence-electron chi connectivity index (χ2n) is 6.14. The number of aromatic nitrogens is 1. The van der Waals surface area contributed by atoms with Crippen LogP contribution in [0.5, 0.6) is 5.75 Å². The molecule has 5 heteroatoms. The first kappa shape index (κ1) is 18.5. The number of methoxy groups -OCH3 is 1. The van der Waals surface area contributed by atoms with Gasteiger partial charge in [0.05, 0.1) is 24.7 Å². The fourth-order valence-electron chi connectivity index (χ4n) is 2.92. The van der Waals surface area contributed by atoms with Gasteiger partial charge in [0, 0.05) is 12.2 Å². The summed E-state index contributed by atoms with van der Waals surface area (Å²) in [5, 5.41) is 2.84. The maximum Gasteiger partial charge on any atom is 0.274 e. The van der Waals surface area contributed by atoms with Crippen molar-refractivity contribution in [1.82, 2.24) is 4.98 Å². The van der Waals surface area contributed by atoms with Gasteiger partial charge in [-0.05, 0) is 55.8 Å². The molecule has 5 nitrogen and oxygen atoms in total. The zero-order chi connectivity index (χ0) is 19.2. The minimum Gasteiger partial charge on any atom is -0.495 e. The molecule has 0 fully saturated rings. The summed E-state index contributed by atoms with van der Waals surface area (Å²) in [5.41, 5.74) is 4.21. The Labute approximate surface area is 159 Å². The number of para-hydroxylation sites is 2. The summed E-state index contributed by atoms with van der Waals surface area (Å²) in [6.45, 7) is 4.96. The summed E-state index contributed by atoms with van der Waals surface area (Å²) < 4.78 is 5.26. The first-order valence-corrected chi connectivity index (χ1v) is 8.87. The second-order valence-corrected chi connectivity index (χ2v) is 6.14. The van der Waals surface area contributed by atoms with E-state index >= 15 is 0 Å². The highest BCUT2D eigenvalue weighted by atomic mass is 16.5. The normalized spacial score (nSPS) is 10.3. The van der Waals surface area contributed by atoms with Crippen LogP contribution in [-0.4, -0.2) is 24.5 Å². The number of amides is 1. The van der Waals surface area contributed by atoms with Crippen molar-refractivity contribution in [2.24, 2.45) is 0 Å². The van der Waals surface area contributed by atoms with Crippen LogP contribution < -0.4 is 15.0 Å². The molecule has 1 N–H and O–H groups in total. The molecule has 0 saturated carbocycles. The Morgan fingerprint density at radius 2 is 1.89 bits per heavy atom. The van der Waals surface area contributed by atoms with E-state index in [0.29, 0.717) is 17.1 Å². The molecule has 3 rings (SSSR count). The van der Waals surface area contributed by atoms with E-state index in [9.17, 15) is 4.79 Å². The van der Waals surface area contributed by atoms with E-state index in [4.69, 9.17) is 4.74 Å². The molecule has 0 spiro atoms. The van der Waals surface area contributed by atoms with Crippen LogP contribution in [0.3, 0.4) is 0 Å². The second kappa shape index (κ2) is 8.36. The number of nitrogens with one attached hydrogen (secondary N) is 1. The topological polar surface area (TPSA) is 54.5 Å². The van der Waals surface area contributed by atoms with Crippen molar-refractivity contribution >= 4 is 23.0 Å². The lowest BCUT2D eigenvalue weighted by molar-refractivity contribution is 0.102. The zero-order valence-corrected chi connectivity index (χ0v) is 15.8. The SMILES string of the molecule is CCN(c1ccc(C(=O)Nc2ccccc2OC)nc1)c1cccc(C)c1. The number of aryl methyl sites for hydroxylation is 1. The lowest BCUT2D eigenvalue weighted by Gasteiger charge is -2.23. The number of ether oxygens (including phenoxy) is 1. The van der Waals surface area contributed by atoms with E-state index in [1.165, 1.54) is 5.56 Å². The summed E-state index contributed by atoms with van der Waals surface area (Å²) in [4.78, 5) is 19.0. The Kier molecular flexibility index (Phi) is 5.71. The number of benzene rings is 2. The van der Waals surface area contributed by atoms with Crippen LogP contribution in [0, 0.1) is 6.92 Å². The first-order chi connectivity index (χ1) is 13.1. The van der Waals surface area contributed by atoms with Crippen LogP contribution in [0.2, 0.25) is 0 Å². The van der Waals surface area contributed by atoms with E-state index < -0.39 is 0 Å². The molecule has 1 amide bonds. The molecular formula is C22H23N3O2. The van der Waals surface area contributed by atoms with Crippen molar-refractivity contribution in [1.29, 1.82) is 0 Å². The Morgan fingerprint density at radius 3 is 2.56 bits per heavy atom. The summed E-state index contributed by atoms with van der Waals surface area (Å²) in [7, 11) is 1.57. The van der Waals surface area contributed by atoms with Gasteiger partial charge < -0.3 is 15.0 Å². The number of hydrogen-bond donors (Lipinski definition) is 1. The Bertz CT molecular complexity index is 923. The molecule has 0 aliphatic heterocycles. The lowest BCUT2D eigenvalue weighted by atomic mass is 10.2. The number of hydrogen-bond acceptors (Lipinski definition) is 4. The minimum absolute atomic E-state index is 0.273. The van der Waals surface area contributed by atoms with Gasteiger partial charge in [-0.2, -0.15) is 0 Å². The van der Waals surface area contributed by atoms with Crippen LogP contribution in [0.1, 0.15) is 23.0 Å². The van der Waals surface area contributed by atoms with Crippen LogP contribution in [0.25, 0.3) is 0 Å². The monoisotopic (exact) mass is 361 g/mol. The van der Waals surface area contributed by atoms with Crippen molar-refractivity contribution in [3.05, 3.63) is 78.1 Å². The highest BCUT2D eigenvalue weighted by Gasteiger charge is 2.13. The summed E-state index contributed by atoms with van der Waals surface area (Å²) in [5.74, 6) is 0.337. The molecular weight excluding hydrogens is 338 g/mol. The fraction of sp³-hybridized carbons (Fsp3) is 0.182. The zero-order valence-electron chi connectivity index (χ0n) is 15.8. The highest BCUT2D eigenvalue weighted by Crippen LogP contribution is 2.26. The van der Waals surface area contributed by atoms with Gasteiger partial charge in [0.1, 0.15) is 11.4 Å². The molecule has 0 unspecified atom stereocenters. The van der Waals surface area contributed by atoms with Gasteiger partial charge in [-0.1, -0.05) is 24.3 Å². The van der Waals surface area contributed by atoms with Crippen LogP contribution in [0.4, 0.5) is 17.1 Å². The molecule has 0 aliphatic carbocycles. The average Bonchev–Trinajstić information content (AvgIpc) is 2.69. The van der Waals surface area contributed by atoms with Crippen LogP contribution in [-0.2, 0) is 0 Å². The number of carbonyl (C=O) groups excluding carboxylic acids is 1. The summed E-state index contributed by atoms with van der Waals surface area (Å²) >= 11 is 0. The van der Waals surface area contributed by atoms with Gasteiger partial charge in [0.2, 0.25) is 0 Å². The molecule has 1 aromatic heterocycles. The molecule has 0 radical (unpaired) electrons. The van der Waals surface area contributed by atoms with E-state index in [1.54, 1.807) is 31.5 Å². The third kappa shape index (κ3) is 4.26. The van der Waals surface area contributed by atoms with Gasteiger partial charge in [0.15, 0.2) is 0 Å². The molecule has 0 atom stereocenters. The number of pyridine rings is 1. The Balaban J connectivity index is 1.79. The molecule has 1 heterocycles. The maximum absolute atomic E-state index is 12.5. The van der Waals surface area contributed by atoms with Crippen molar-refractivity contribution in [3.8, 4) is 5.75 Å². The van der Waals surface area contributed by atoms with E-state index in [-0.39, 0.29) is 5.91 Å². The number of anilines is 3. The third-order valence-electron chi connectivity index (χ3n) is 4.28. The van der Waals surface area contributed by atoms with Crippen molar-refractivity contribution in [2.45, 2.75) is 13.8 Å². The predicted molar refractivity (Wildman–Crippen MR) is 109 cm³/mol. The molecule has 138 valence electrons. The molecule has 0 aliphatic rings. The first-order valence-electron chi connectivity index (χ1n) is 8.87. The van der Waals surface area contributed by atoms with Gasteiger partial charge in [-0.15, -0.1) is 0 Å². The van der Waals surface area contributed by atoms with Crippen molar-refractivity contribution < 1.29 is 9.53 Å². The molecule has 0 bridgehead atoms. The standard InChI is InChI=1S/C22H23N3O2/c1-4-25(17-9-7-8-16(2)14-17)18-12-13-20(23-15-18)22(26)24-19-10-5-6-11-21(19)27-3/h5-15H,4H2,1-3H3,(H,24,26). The average molecular weight is 361 g/mol. The molecule has 2 aromatic carbocycles. The third-order valence-corrected chi connectivity index (χ3v) is 4.28. The molecule has 0 saturated heterocycles. The van der Waals surface area contributed by atoms with Gasteiger partial charge >= 0.3 is 0 Å². The van der Waals surface area contributed by atoms with Crippen molar-refractivity contribution in [2.75, 3.05) is 23.9 Å². The maximum atomic E-state index is 12.5. The Morgan fingerprint density at radius 1 is 1.07 bits per heavy atom.